The molecule has 0 aliphatic carbocycles. The molecule has 114 valence electrons. The summed E-state index contributed by atoms with van der Waals surface area (Å²) >= 11 is 0. The van der Waals surface area contributed by atoms with E-state index in [-0.39, 0.29) is 17.9 Å². The highest BCUT2D eigenvalue weighted by atomic mass is 16.5. The summed E-state index contributed by atoms with van der Waals surface area (Å²) in [5, 5.41) is 20.7. The molecule has 3 N–H and O–H groups in total. The third-order valence-corrected chi connectivity index (χ3v) is 2.94. The van der Waals surface area contributed by atoms with Crippen LogP contribution in [-0.2, 0) is 11.2 Å². The van der Waals surface area contributed by atoms with Crippen molar-refractivity contribution in [3.05, 3.63) is 59.7 Å². The minimum Gasteiger partial charge on any atom is -0.507 e. The zero-order valence-electron chi connectivity index (χ0n) is 11.7. The lowest BCUT2D eigenvalue weighted by molar-refractivity contribution is 0.0693. The molecule has 0 heterocycles. The molecule has 0 saturated carbocycles. The largest absolute Gasteiger partial charge is 0.507 e. The predicted molar refractivity (Wildman–Crippen MR) is 80.2 cm³/mol. The summed E-state index contributed by atoms with van der Waals surface area (Å²) in [5.41, 5.74) is 1.08. The van der Waals surface area contributed by atoms with Crippen molar-refractivity contribution in [2.45, 2.75) is 6.42 Å². The summed E-state index contributed by atoms with van der Waals surface area (Å²) in [5.74, 6) is -1.66. The molecule has 0 atom stereocenters. The third kappa shape index (κ3) is 4.24. The van der Waals surface area contributed by atoms with E-state index < -0.39 is 17.8 Å². The second-order valence-corrected chi connectivity index (χ2v) is 4.53. The number of amides is 1. The number of aromatic hydroxyl groups is 1. The number of carboxylic acids is 1. The molecule has 2 rings (SSSR count). The first-order valence-electron chi connectivity index (χ1n) is 6.60. The zero-order valence-corrected chi connectivity index (χ0v) is 11.7. The Bertz CT molecular complexity index is 669. The van der Waals surface area contributed by atoms with Crippen LogP contribution >= 0.6 is 0 Å². The molecule has 2 aromatic rings. The Hall–Kier alpha value is -3.02. The minimum atomic E-state index is -1.24. The molecule has 0 aliphatic heterocycles. The smallest absolute Gasteiger partial charge is 0.411 e. The molecule has 1 amide bonds. The van der Waals surface area contributed by atoms with Gasteiger partial charge in [-0.15, -0.1) is 0 Å². The van der Waals surface area contributed by atoms with Crippen molar-refractivity contribution in [1.82, 2.24) is 0 Å². The number of rotatable bonds is 5. The average molecular weight is 301 g/mol. The summed E-state index contributed by atoms with van der Waals surface area (Å²) in [6.45, 7) is 0.217. The average Bonchev–Trinajstić information content (AvgIpc) is 2.48. The minimum absolute atomic E-state index is 0.217. The van der Waals surface area contributed by atoms with Crippen LogP contribution in [0.2, 0.25) is 0 Å². The van der Waals surface area contributed by atoms with E-state index >= 15 is 0 Å². The number of hydrogen-bond acceptors (Lipinski definition) is 4. The van der Waals surface area contributed by atoms with E-state index in [0.29, 0.717) is 6.42 Å². The SMILES string of the molecule is O=C(Nc1ccc(C(=O)O)c(O)c1)OCCc1ccccc1. The van der Waals surface area contributed by atoms with Crippen LogP contribution in [0.15, 0.2) is 48.5 Å². The molecule has 6 heteroatoms. The number of anilines is 1. The van der Waals surface area contributed by atoms with Gasteiger partial charge in [-0.25, -0.2) is 9.59 Å². The van der Waals surface area contributed by atoms with Gasteiger partial charge in [-0.3, -0.25) is 5.32 Å². The van der Waals surface area contributed by atoms with Crippen LogP contribution in [0.25, 0.3) is 0 Å². The molecule has 0 fully saturated rings. The van der Waals surface area contributed by atoms with E-state index in [1.54, 1.807) is 0 Å². The van der Waals surface area contributed by atoms with E-state index in [1.165, 1.54) is 12.1 Å². The van der Waals surface area contributed by atoms with Gasteiger partial charge in [-0.1, -0.05) is 30.3 Å². The highest BCUT2D eigenvalue weighted by Crippen LogP contribution is 2.22. The number of carbonyl (C=O) groups excluding carboxylic acids is 1. The van der Waals surface area contributed by atoms with Crippen molar-refractivity contribution in [1.29, 1.82) is 0 Å². The Morgan fingerprint density at radius 2 is 1.82 bits per heavy atom. The van der Waals surface area contributed by atoms with Crippen LogP contribution < -0.4 is 5.32 Å². The molecule has 0 saturated heterocycles. The molecule has 22 heavy (non-hydrogen) atoms. The summed E-state index contributed by atoms with van der Waals surface area (Å²) in [4.78, 5) is 22.4. The quantitative estimate of drug-likeness (QED) is 0.789. The lowest BCUT2D eigenvalue weighted by atomic mass is 10.2. The van der Waals surface area contributed by atoms with Gasteiger partial charge in [-0.05, 0) is 17.7 Å². The molecule has 0 aromatic heterocycles. The Balaban J connectivity index is 1.84. The molecular formula is C16H15NO5. The van der Waals surface area contributed by atoms with Gasteiger partial charge in [0.1, 0.15) is 11.3 Å². The summed E-state index contributed by atoms with van der Waals surface area (Å²) in [6.07, 6.45) is -0.0734. The molecule has 0 spiro atoms. The Labute approximate surface area is 127 Å². The van der Waals surface area contributed by atoms with Crippen LogP contribution in [0.4, 0.5) is 10.5 Å². The van der Waals surface area contributed by atoms with Crippen molar-refractivity contribution < 1.29 is 24.5 Å². The summed E-state index contributed by atoms with van der Waals surface area (Å²) < 4.78 is 5.02. The molecule has 0 bridgehead atoms. The number of ether oxygens (including phenoxy) is 1. The first kappa shape index (κ1) is 15.4. The van der Waals surface area contributed by atoms with E-state index in [9.17, 15) is 14.7 Å². The number of carboxylic acid groups (broad SMARTS) is 1. The van der Waals surface area contributed by atoms with Gasteiger partial charge in [0.05, 0.1) is 6.61 Å². The van der Waals surface area contributed by atoms with Crippen molar-refractivity contribution in [3.63, 3.8) is 0 Å². The van der Waals surface area contributed by atoms with Crippen molar-refractivity contribution in [3.8, 4) is 5.75 Å². The maximum atomic E-state index is 11.6. The molecule has 2 aromatic carbocycles. The van der Waals surface area contributed by atoms with Gasteiger partial charge in [0, 0.05) is 18.2 Å². The number of nitrogens with one attached hydrogen (secondary N) is 1. The van der Waals surface area contributed by atoms with Crippen molar-refractivity contribution in [2.75, 3.05) is 11.9 Å². The summed E-state index contributed by atoms with van der Waals surface area (Å²) in [6, 6.07) is 13.3. The van der Waals surface area contributed by atoms with Crippen molar-refractivity contribution in [2.24, 2.45) is 0 Å². The van der Waals surface area contributed by atoms with Gasteiger partial charge in [0.2, 0.25) is 0 Å². The maximum absolute atomic E-state index is 11.6. The molecular weight excluding hydrogens is 286 g/mol. The monoisotopic (exact) mass is 301 g/mol. The van der Waals surface area contributed by atoms with Crippen molar-refractivity contribution >= 4 is 17.7 Å². The fourth-order valence-corrected chi connectivity index (χ4v) is 1.85. The standard InChI is InChI=1S/C16H15NO5/c18-14-10-12(6-7-13(14)15(19)20)17-16(21)22-9-8-11-4-2-1-3-5-11/h1-7,10,18H,8-9H2,(H,17,21)(H,19,20). The van der Waals surface area contributed by atoms with E-state index in [2.05, 4.69) is 5.32 Å². The number of hydrogen-bond donors (Lipinski definition) is 3. The lowest BCUT2D eigenvalue weighted by Gasteiger charge is -2.08. The van der Waals surface area contributed by atoms with Crippen LogP contribution in [0.1, 0.15) is 15.9 Å². The fourth-order valence-electron chi connectivity index (χ4n) is 1.85. The topological polar surface area (TPSA) is 95.9 Å². The maximum Gasteiger partial charge on any atom is 0.411 e. The molecule has 0 radical (unpaired) electrons. The number of phenols is 1. The van der Waals surface area contributed by atoms with E-state index in [0.717, 1.165) is 11.6 Å². The Morgan fingerprint density at radius 1 is 1.09 bits per heavy atom. The Morgan fingerprint density at radius 3 is 2.45 bits per heavy atom. The predicted octanol–water partition coefficient (Wildman–Crippen LogP) is 2.88. The first-order valence-corrected chi connectivity index (χ1v) is 6.60. The highest BCUT2D eigenvalue weighted by Gasteiger charge is 2.11. The second kappa shape index (κ2) is 7.12. The lowest BCUT2D eigenvalue weighted by Crippen LogP contribution is -2.15. The Kier molecular flexibility index (Phi) is 4.98. The highest BCUT2D eigenvalue weighted by molar-refractivity contribution is 5.92. The molecule has 0 unspecified atom stereocenters. The fraction of sp³-hybridized carbons (Fsp3) is 0.125. The number of carbonyl (C=O) groups is 2. The van der Waals surface area contributed by atoms with Gasteiger partial charge in [0.25, 0.3) is 0 Å². The molecule has 6 nitrogen and oxygen atoms in total. The van der Waals surface area contributed by atoms with E-state index in [4.69, 9.17) is 9.84 Å². The van der Waals surface area contributed by atoms with Crippen LogP contribution in [0.3, 0.4) is 0 Å². The van der Waals surface area contributed by atoms with Crippen LogP contribution in [0, 0.1) is 0 Å². The number of aromatic carboxylic acids is 1. The first-order chi connectivity index (χ1) is 10.6. The number of benzene rings is 2. The van der Waals surface area contributed by atoms with Crippen LogP contribution in [-0.4, -0.2) is 28.9 Å². The zero-order chi connectivity index (χ0) is 15.9. The summed E-state index contributed by atoms with van der Waals surface area (Å²) in [7, 11) is 0. The van der Waals surface area contributed by atoms with Crippen LogP contribution in [0.5, 0.6) is 5.75 Å². The van der Waals surface area contributed by atoms with Gasteiger partial charge < -0.3 is 14.9 Å². The second-order valence-electron chi connectivity index (χ2n) is 4.53. The van der Waals surface area contributed by atoms with E-state index in [1.807, 2.05) is 30.3 Å². The normalized spacial score (nSPS) is 10.0. The third-order valence-electron chi connectivity index (χ3n) is 2.94. The van der Waals surface area contributed by atoms with Gasteiger partial charge >= 0.3 is 12.1 Å². The molecule has 0 aliphatic rings. The van der Waals surface area contributed by atoms with Gasteiger partial charge in [-0.2, -0.15) is 0 Å². The van der Waals surface area contributed by atoms with Gasteiger partial charge in [0.15, 0.2) is 0 Å².